The van der Waals surface area contributed by atoms with Crippen molar-refractivity contribution >= 4 is 6.09 Å². The number of halogens is 3. The second kappa shape index (κ2) is 8.48. The minimum Gasteiger partial charge on any atom is -0.453 e. The molecule has 1 aromatic heterocycles. The molecule has 2 aromatic carbocycles. The van der Waals surface area contributed by atoms with Gasteiger partial charge in [-0.2, -0.15) is 5.10 Å². The number of aromatic nitrogens is 2. The topological polar surface area (TPSA) is 65.4 Å². The Kier molecular flexibility index (Phi) is 6.00. The molecule has 1 N–H and O–H groups in total. The molecule has 0 spiro atoms. The van der Waals surface area contributed by atoms with Crippen molar-refractivity contribution in [2.45, 2.75) is 26.8 Å². The Morgan fingerprint density at radius 2 is 1.87 bits per heavy atom. The average Bonchev–Trinajstić information content (AvgIpc) is 3.15. The number of nitrogens with zero attached hydrogens (tertiary/aromatic N) is 2. The van der Waals surface area contributed by atoms with Crippen LogP contribution >= 0.6 is 0 Å². The number of alkyl carbamates (subject to hydrolysis) is 1. The number of hydrogen-bond donors (Lipinski definition) is 1. The Hall–Kier alpha value is -3.49. The lowest BCUT2D eigenvalue weighted by Crippen LogP contribution is -2.22. The van der Waals surface area contributed by atoms with Crippen molar-refractivity contribution in [3.05, 3.63) is 65.4 Å². The van der Waals surface area contributed by atoms with Gasteiger partial charge in [-0.1, -0.05) is 6.07 Å². The van der Waals surface area contributed by atoms with Gasteiger partial charge in [0.15, 0.2) is 0 Å². The number of rotatable bonds is 5. The quantitative estimate of drug-likeness (QED) is 0.638. The predicted molar refractivity (Wildman–Crippen MR) is 104 cm³/mol. The van der Waals surface area contributed by atoms with Crippen molar-refractivity contribution in [3.63, 3.8) is 0 Å². The zero-order valence-corrected chi connectivity index (χ0v) is 16.6. The number of aryl methyl sites for hydroxylation is 2. The van der Waals surface area contributed by atoms with Gasteiger partial charge in [0.2, 0.25) is 0 Å². The van der Waals surface area contributed by atoms with Gasteiger partial charge in [0.25, 0.3) is 0 Å². The molecule has 0 aliphatic rings. The monoisotopic (exact) mass is 419 g/mol. The van der Waals surface area contributed by atoms with Crippen LogP contribution in [0.5, 0.6) is 5.75 Å². The van der Waals surface area contributed by atoms with Gasteiger partial charge in [0, 0.05) is 18.3 Å². The highest BCUT2D eigenvalue weighted by Gasteiger charge is 2.31. The van der Waals surface area contributed by atoms with E-state index in [0.29, 0.717) is 23.4 Å². The number of alkyl halides is 3. The molecular formula is C21H20F3N3O3. The number of hydrogen-bond acceptors (Lipinski definition) is 4. The van der Waals surface area contributed by atoms with Crippen molar-refractivity contribution in [2.24, 2.45) is 0 Å². The molecule has 30 heavy (non-hydrogen) atoms. The lowest BCUT2D eigenvalue weighted by Gasteiger charge is -2.11. The number of methoxy groups -OCH3 is 1. The van der Waals surface area contributed by atoms with Crippen LogP contribution in [0.3, 0.4) is 0 Å². The van der Waals surface area contributed by atoms with Crippen molar-refractivity contribution in [1.82, 2.24) is 15.1 Å². The van der Waals surface area contributed by atoms with Crippen LogP contribution in [-0.4, -0.2) is 29.3 Å². The second-order valence-electron chi connectivity index (χ2n) is 6.63. The number of carbonyl (C=O) groups is 1. The Labute approximate surface area is 171 Å². The number of ether oxygens (including phenoxy) is 2. The largest absolute Gasteiger partial charge is 0.573 e. The Balaban J connectivity index is 1.84. The summed E-state index contributed by atoms with van der Waals surface area (Å²) in [6, 6.07) is 11.6. The Bertz CT molecular complexity index is 1060. The molecule has 1 amide bonds. The fourth-order valence-electron chi connectivity index (χ4n) is 2.96. The van der Waals surface area contributed by atoms with E-state index in [4.69, 9.17) is 0 Å². The summed E-state index contributed by atoms with van der Waals surface area (Å²) in [5.41, 5.74) is 4.60. The lowest BCUT2D eigenvalue weighted by molar-refractivity contribution is -0.274. The maximum Gasteiger partial charge on any atom is 0.573 e. The minimum absolute atomic E-state index is 0.274. The maximum absolute atomic E-state index is 12.4. The first-order valence-electron chi connectivity index (χ1n) is 9.00. The zero-order valence-electron chi connectivity index (χ0n) is 16.6. The average molecular weight is 419 g/mol. The predicted octanol–water partition coefficient (Wildman–Crippen LogP) is 4.91. The first-order chi connectivity index (χ1) is 14.2. The molecule has 0 bridgehead atoms. The van der Waals surface area contributed by atoms with E-state index in [1.807, 2.05) is 25.1 Å². The van der Waals surface area contributed by atoms with Gasteiger partial charge in [0.1, 0.15) is 5.75 Å². The molecule has 0 saturated carbocycles. The molecule has 6 nitrogen and oxygen atoms in total. The van der Waals surface area contributed by atoms with Gasteiger partial charge in [-0.05, 0) is 66.9 Å². The van der Waals surface area contributed by atoms with Crippen molar-refractivity contribution in [2.75, 3.05) is 7.11 Å². The molecule has 3 rings (SSSR count). The van der Waals surface area contributed by atoms with Gasteiger partial charge in [-0.3, -0.25) is 0 Å². The fourth-order valence-corrected chi connectivity index (χ4v) is 2.96. The summed E-state index contributed by atoms with van der Waals surface area (Å²) in [5.74, 6) is -0.274. The summed E-state index contributed by atoms with van der Waals surface area (Å²) < 4.78 is 47.4. The summed E-state index contributed by atoms with van der Waals surface area (Å²) >= 11 is 0. The molecule has 0 fully saturated rings. The van der Waals surface area contributed by atoms with Crippen molar-refractivity contribution in [1.29, 1.82) is 0 Å². The normalized spacial score (nSPS) is 11.3. The van der Waals surface area contributed by atoms with E-state index >= 15 is 0 Å². The molecule has 0 radical (unpaired) electrons. The van der Waals surface area contributed by atoms with Crippen molar-refractivity contribution in [3.8, 4) is 22.7 Å². The van der Waals surface area contributed by atoms with Crippen LogP contribution in [0.4, 0.5) is 18.0 Å². The Morgan fingerprint density at radius 3 is 2.53 bits per heavy atom. The lowest BCUT2D eigenvalue weighted by atomic mass is 10.1. The third kappa shape index (κ3) is 5.11. The highest BCUT2D eigenvalue weighted by atomic mass is 19.4. The van der Waals surface area contributed by atoms with E-state index in [2.05, 4.69) is 19.9 Å². The highest BCUT2D eigenvalue weighted by molar-refractivity contribution is 5.67. The van der Waals surface area contributed by atoms with E-state index in [9.17, 15) is 18.0 Å². The summed E-state index contributed by atoms with van der Waals surface area (Å²) in [7, 11) is 1.30. The third-order valence-electron chi connectivity index (χ3n) is 4.50. The van der Waals surface area contributed by atoms with Gasteiger partial charge < -0.3 is 14.8 Å². The molecule has 0 atom stereocenters. The van der Waals surface area contributed by atoms with E-state index < -0.39 is 12.5 Å². The van der Waals surface area contributed by atoms with Gasteiger partial charge in [-0.25, -0.2) is 9.48 Å². The summed E-state index contributed by atoms with van der Waals surface area (Å²) in [5, 5.41) is 7.18. The van der Waals surface area contributed by atoms with Crippen LogP contribution < -0.4 is 10.1 Å². The molecule has 158 valence electrons. The smallest absolute Gasteiger partial charge is 0.453 e. The second-order valence-corrected chi connectivity index (χ2v) is 6.63. The fraction of sp³-hybridized carbons (Fsp3) is 0.238. The summed E-state index contributed by atoms with van der Waals surface area (Å²) in [6.45, 7) is 3.93. The van der Waals surface area contributed by atoms with E-state index in [0.717, 1.165) is 16.8 Å². The molecule has 3 aromatic rings. The van der Waals surface area contributed by atoms with Crippen LogP contribution in [0.2, 0.25) is 0 Å². The number of benzene rings is 2. The first kappa shape index (κ1) is 21.2. The maximum atomic E-state index is 12.4. The van der Waals surface area contributed by atoms with Crippen LogP contribution in [0.1, 0.15) is 16.7 Å². The molecule has 9 heteroatoms. The molecule has 0 saturated heterocycles. The molecule has 1 heterocycles. The van der Waals surface area contributed by atoms with E-state index in [1.165, 1.54) is 19.2 Å². The summed E-state index contributed by atoms with van der Waals surface area (Å²) in [6.07, 6.45) is -3.49. The minimum atomic E-state index is -4.73. The Morgan fingerprint density at radius 1 is 1.10 bits per heavy atom. The molecule has 0 aliphatic carbocycles. The number of carbonyl (C=O) groups excluding carboxylic acids is 1. The van der Waals surface area contributed by atoms with Crippen molar-refractivity contribution < 1.29 is 27.4 Å². The van der Waals surface area contributed by atoms with Crippen LogP contribution in [0.25, 0.3) is 16.9 Å². The number of amides is 1. The SMILES string of the molecule is COC(=O)NCc1cc(-n2ccc(-c3ccc(OC(F)(F)F)cc3C)n2)ccc1C. The third-order valence-corrected chi connectivity index (χ3v) is 4.50. The highest BCUT2D eigenvalue weighted by Crippen LogP contribution is 2.29. The molecule has 0 unspecified atom stereocenters. The van der Waals surface area contributed by atoms with E-state index in [1.54, 1.807) is 29.9 Å². The van der Waals surface area contributed by atoms with Crippen LogP contribution in [-0.2, 0) is 11.3 Å². The van der Waals surface area contributed by atoms with Gasteiger partial charge >= 0.3 is 12.5 Å². The van der Waals surface area contributed by atoms with Crippen LogP contribution in [0, 0.1) is 13.8 Å². The zero-order chi connectivity index (χ0) is 21.9. The molecular weight excluding hydrogens is 399 g/mol. The molecule has 0 aliphatic heterocycles. The summed E-state index contributed by atoms with van der Waals surface area (Å²) in [4.78, 5) is 11.3. The van der Waals surface area contributed by atoms with Gasteiger partial charge in [-0.15, -0.1) is 13.2 Å². The van der Waals surface area contributed by atoms with Crippen LogP contribution in [0.15, 0.2) is 48.7 Å². The number of nitrogens with one attached hydrogen (secondary N) is 1. The van der Waals surface area contributed by atoms with E-state index in [-0.39, 0.29) is 5.75 Å². The first-order valence-corrected chi connectivity index (χ1v) is 9.00. The van der Waals surface area contributed by atoms with Gasteiger partial charge in [0.05, 0.1) is 18.5 Å². The standard InChI is InChI=1S/C21H20F3N3O3/c1-13-4-5-16(11-15(13)12-25-20(28)29-3)27-9-8-19(26-27)18-7-6-17(10-14(18)2)30-21(22,23)24/h4-11H,12H2,1-3H3,(H,25,28).